The molecule has 4 rings (SSSR count). The Labute approximate surface area is 160 Å². The Morgan fingerprint density at radius 2 is 1.88 bits per heavy atom. The lowest BCUT2D eigenvalue weighted by Crippen LogP contribution is -2.12. The zero-order valence-electron chi connectivity index (χ0n) is 13.8. The molecule has 0 saturated heterocycles. The van der Waals surface area contributed by atoms with Gasteiger partial charge in [-0.1, -0.05) is 36.4 Å². The largest absolute Gasteiger partial charge is 0.322 e. The summed E-state index contributed by atoms with van der Waals surface area (Å²) in [5.41, 5.74) is 7.05. The number of halogens is 1. The minimum Gasteiger partial charge on any atom is -0.322 e. The standard InChI is InChI=1S/C21H15ClN2OS/c22-12-16-10-15(6-8-18(16)14-4-2-1-3-5-14)21(25)24-17-7-9-20-19(11-17)23-13-26-20/h1-11,13H,12H2,(H,24,25). The van der Waals surface area contributed by atoms with E-state index in [-0.39, 0.29) is 5.91 Å². The molecule has 1 N–H and O–H groups in total. The van der Waals surface area contributed by atoms with E-state index >= 15 is 0 Å². The number of aromatic nitrogens is 1. The number of alkyl halides is 1. The highest BCUT2D eigenvalue weighted by Gasteiger charge is 2.11. The lowest BCUT2D eigenvalue weighted by Gasteiger charge is -2.11. The molecule has 4 aromatic rings. The first-order chi connectivity index (χ1) is 12.7. The third kappa shape index (κ3) is 3.34. The van der Waals surface area contributed by atoms with Gasteiger partial charge in [-0.25, -0.2) is 4.98 Å². The minimum atomic E-state index is -0.162. The average Bonchev–Trinajstić information content (AvgIpc) is 3.16. The van der Waals surface area contributed by atoms with E-state index in [1.54, 1.807) is 16.8 Å². The van der Waals surface area contributed by atoms with Crippen LogP contribution in [0.3, 0.4) is 0 Å². The molecule has 1 heterocycles. The fourth-order valence-electron chi connectivity index (χ4n) is 2.88. The molecular formula is C21H15ClN2OS. The summed E-state index contributed by atoms with van der Waals surface area (Å²) >= 11 is 7.71. The molecule has 0 aliphatic rings. The first-order valence-electron chi connectivity index (χ1n) is 8.13. The fourth-order valence-corrected chi connectivity index (χ4v) is 3.76. The second kappa shape index (κ2) is 7.28. The van der Waals surface area contributed by atoms with Crippen LogP contribution in [-0.4, -0.2) is 10.9 Å². The third-order valence-electron chi connectivity index (χ3n) is 4.18. The van der Waals surface area contributed by atoms with Crippen molar-refractivity contribution in [3.63, 3.8) is 0 Å². The monoisotopic (exact) mass is 378 g/mol. The molecule has 0 fully saturated rings. The van der Waals surface area contributed by atoms with Gasteiger partial charge in [-0.3, -0.25) is 4.79 Å². The van der Waals surface area contributed by atoms with E-state index in [0.29, 0.717) is 11.4 Å². The van der Waals surface area contributed by atoms with Crippen LogP contribution < -0.4 is 5.32 Å². The lowest BCUT2D eigenvalue weighted by molar-refractivity contribution is 0.102. The Hall–Kier alpha value is -2.69. The summed E-state index contributed by atoms with van der Waals surface area (Å²) in [5, 5.41) is 2.93. The molecule has 0 bridgehead atoms. The molecule has 0 saturated carbocycles. The van der Waals surface area contributed by atoms with Crippen molar-refractivity contribution in [2.24, 2.45) is 0 Å². The molecule has 0 spiro atoms. The Morgan fingerprint density at radius 3 is 2.69 bits per heavy atom. The SMILES string of the molecule is O=C(Nc1ccc2scnc2c1)c1ccc(-c2ccccc2)c(CCl)c1. The number of fused-ring (bicyclic) bond motifs is 1. The summed E-state index contributed by atoms with van der Waals surface area (Å²) in [7, 11) is 0. The number of benzene rings is 3. The fraction of sp³-hybridized carbons (Fsp3) is 0.0476. The number of rotatable bonds is 4. The van der Waals surface area contributed by atoms with Crippen molar-refractivity contribution < 1.29 is 4.79 Å². The van der Waals surface area contributed by atoms with Gasteiger partial charge in [0.25, 0.3) is 5.91 Å². The Kier molecular flexibility index (Phi) is 4.69. The van der Waals surface area contributed by atoms with Crippen LogP contribution in [0, 0.1) is 0 Å². The van der Waals surface area contributed by atoms with Crippen molar-refractivity contribution in [2.45, 2.75) is 5.88 Å². The predicted molar refractivity (Wildman–Crippen MR) is 109 cm³/mol. The number of nitrogens with one attached hydrogen (secondary N) is 1. The number of anilines is 1. The van der Waals surface area contributed by atoms with E-state index in [9.17, 15) is 4.79 Å². The molecule has 128 valence electrons. The van der Waals surface area contributed by atoms with Crippen LogP contribution in [0.5, 0.6) is 0 Å². The maximum absolute atomic E-state index is 12.6. The quantitative estimate of drug-likeness (QED) is 0.445. The van der Waals surface area contributed by atoms with E-state index in [2.05, 4.69) is 10.3 Å². The smallest absolute Gasteiger partial charge is 0.255 e. The summed E-state index contributed by atoms with van der Waals surface area (Å²) in [4.78, 5) is 16.9. The van der Waals surface area contributed by atoms with Crippen molar-refractivity contribution in [2.75, 3.05) is 5.32 Å². The lowest BCUT2D eigenvalue weighted by atomic mass is 9.98. The van der Waals surface area contributed by atoms with Gasteiger partial charge in [0.05, 0.1) is 15.7 Å². The molecule has 5 heteroatoms. The highest BCUT2D eigenvalue weighted by atomic mass is 35.5. The molecule has 0 unspecified atom stereocenters. The van der Waals surface area contributed by atoms with Crippen LogP contribution in [0.15, 0.2) is 72.2 Å². The van der Waals surface area contributed by atoms with E-state index < -0.39 is 0 Å². The maximum Gasteiger partial charge on any atom is 0.255 e. The van der Waals surface area contributed by atoms with Crippen LogP contribution in [-0.2, 0) is 5.88 Å². The van der Waals surface area contributed by atoms with E-state index in [0.717, 1.165) is 32.6 Å². The highest BCUT2D eigenvalue weighted by Crippen LogP contribution is 2.27. The van der Waals surface area contributed by atoms with Crippen molar-refractivity contribution in [3.8, 4) is 11.1 Å². The number of carbonyl (C=O) groups excluding carboxylic acids is 1. The molecule has 1 amide bonds. The number of thiazole rings is 1. The van der Waals surface area contributed by atoms with E-state index in [1.165, 1.54) is 0 Å². The summed E-state index contributed by atoms with van der Waals surface area (Å²) < 4.78 is 1.10. The van der Waals surface area contributed by atoms with Crippen LogP contribution in [0.4, 0.5) is 5.69 Å². The van der Waals surface area contributed by atoms with Gasteiger partial charge >= 0.3 is 0 Å². The van der Waals surface area contributed by atoms with Crippen molar-refractivity contribution in [1.82, 2.24) is 4.98 Å². The minimum absolute atomic E-state index is 0.162. The molecule has 3 aromatic carbocycles. The van der Waals surface area contributed by atoms with Gasteiger partial charge in [-0.05, 0) is 47.0 Å². The molecular weight excluding hydrogens is 364 g/mol. The van der Waals surface area contributed by atoms with Gasteiger partial charge in [0.1, 0.15) is 0 Å². The third-order valence-corrected chi connectivity index (χ3v) is 5.28. The van der Waals surface area contributed by atoms with E-state index in [1.807, 2.05) is 66.7 Å². The molecule has 0 aliphatic heterocycles. The van der Waals surface area contributed by atoms with Gasteiger partial charge in [0.15, 0.2) is 0 Å². The topological polar surface area (TPSA) is 42.0 Å². The zero-order valence-corrected chi connectivity index (χ0v) is 15.3. The molecule has 3 nitrogen and oxygen atoms in total. The first kappa shape index (κ1) is 16.8. The average molecular weight is 379 g/mol. The van der Waals surface area contributed by atoms with Gasteiger partial charge in [0.2, 0.25) is 0 Å². The van der Waals surface area contributed by atoms with Gasteiger partial charge in [-0.2, -0.15) is 0 Å². The predicted octanol–water partition coefficient (Wildman–Crippen LogP) is 5.95. The molecule has 0 radical (unpaired) electrons. The van der Waals surface area contributed by atoms with Crippen LogP contribution >= 0.6 is 22.9 Å². The zero-order chi connectivity index (χ0) is 17.9. The number of amides is 1. The molecule has 26 heavy (non-hydrogen) atoms. The van der Waals surface area contributed by atoms with Crippen molar-refractivity contribution >= 4 is 44.7 Å². The van der Waals surface area contributed by atoms with Gasteiger partial charge in [0, 0.05) is 17.1 Å². The van der Waals surface area contributed by atoms with Crippen LogP contribution in [0.2, 0.25) is 0 Å². The Bertz CT molecular complexity index is 1080. The second-order valence-electron chi connectivity index (χ2n) is 5.86. The Morgan fingerprint density at radius 1 is 1.04 bits per heavy atom. The van der Waals surface area contributed by atoms with Crippen molar-refractivity contribution in [1.29, 1.82) is 0 Å². The summed E-state index contributed by atoms with van der Waals surface area (Å²) in [6, 6.07) is 21.4. The second-order valence-corrected chi connectivity index (χ2v) is 7.01. The maximum atomic E-state index is 12.6. The molecule has 0 aliphatic carbocycles. The van der Waals surface area contributed by atoms with Crippen molar-refractivity contribution in [3.05, 3.63) is 83.4 Å². The number of nitrogens with zero attached hydrogens (tertiary/aromatic N) is 1. The van der Waals surface area contributed by atoms with Gasteiger partial charge in [-0.15, -0.1) is 22.9 Å². The number of hydrogen-bond acceptors (Lipinski definition) is 3. The van der Waals surface area contributed by atoms with Crippen LogP contribution in [0.1, 0.15) is 15.9 Å². The normalized spacial score (nSPS) is 10.8. The number of hydrogen-bond donors (Lipinski definition) is 1. The van der Waals surface area contributed by atoms with E-state index in [4.69, 9.17) is 11.6 Å². The van der Waals surface area contributed by atoms with Gasteiger partial charge < -0.3 is 5.32 Å². The summed E-state index contributed by atoms with van der Waals surface area (Å²) in [6.07, 6.45) is 0. The molecule has 1 aromatic heterocycles. The molecule has 0 atom stereocenters. The number of carbonyl (C=O) groups is 1. The highest BCUT2D eigenvalue weighted by molar-refractivity contribution is 7.16. The summed E-state index contributed by atoms with van der Waals surface area (Å²) in [6.45, 7) is 0. The summed E-state index contributed by atoms with van der Waals surface area (Å²) in [5.74, 6) is 0.182. The Balaban J connectivity index is 1.61. The van der Waals surface area contributed by atoms with Crippen LogP contribution in [0.25, 0.3) is 21.3 Å². The first-order valence-corrected chi connectivity index (χ1v) is 9.55.